The van der Waals surface area contributed by atoms with E-state index < -0.39 is 0 Å². The first kappa shape index (κ1) is 39.6. The smallest absolute Gasteiger partial charge is 0.656 e. The van der Waals surface area contributed by atoms with Crippen LogP contribution >= 0.6 is 0 Å². The van der Waals surface area contributed by atoms with Gasteiger partial charge < -0.3 is 5.32 Å². The van der Waals surface area contributed by atoms with E-state index in [1.54, 1.807) is 0 Å². The maximum absolute atomic E-state index is 5.14. The van der Waals surface area contributed by atoms with Crippen LogP contribution in [0.4, 0.5) is 5.69 Å². The van der Waals surface area contributed by atoms with Crippen LogP contribution in [0.5, 0.6) is 0 Å². The van der Waals surface area contributed by atoms with E-state index in [1.165, 1.54) is 36.1 Å². The largest absolute Gasteiger partial charge is 4.00 e. The molecule has 2 nitrogen and oxygen atoms in total. The van der Waals surface area contributed by atoms with Gasteiger partial charge in [-0.25, -0.2) is 0 Å². The van der Waals surface area contributed by atoms with Crippen LogP contribution in [0.1, 0.15) is 99.5 Å². The summed E-state index contributed by atoms with van der Waals surface area (Å²) in [6.45, 7) is 20.2. The zero-order valence-corrected chi connectivity index (χ0v) is 31.8. The van der Waals surface area contributed by atoms with Gasteiger partial charge in [0.2, 0.25) is 0 Å². The molecule has 0 atom stereocenters. The number of aliphatic imine (C=N–C) groups is 1. The minimum Gasteiger partial charge on any atom is -0.656 e. The topological polar surface area (TPSA) is 26.5 Å². The minimum atomic E-state index is 0. The molecule has 0 saturated heterocycles. The van der Waals surface area contributed by atoms with Gasteiger partial charge in [-0.3, -0.25) is 4.99 Å². The van der Waals surface area contributed by atoms with E-state index in [4.69, 9.17) is 5.32 Å². The molecule has 0 aliphatic heterocycles. The van der Waals surface area contributed by atoms with Gasteiger partial charge in [-0.2, -0.15) is 73.9 Å². The fourth-order valence-electron chi connectivity index (χ4n) is 4.63. The van der Waals surface area contributed by atoms with Gasteiger partial charge in [0.05, 0.1) is 0 Å². The molecule has 0 fully saturated rings. The van der Waals surface area contributed by atoms with Gasteiger partial charge in [-0.1, -0.05) is 87.7 Å². The molecule has 0 bridgehead atoms. The second-order valence-electron chi connectivity index (χ2n) is 11.5. The van der Waals surface area contributed by atoms with Gasteiger partial charge in [-0.05, 0) is 37.5 Å². The molecule has 0 amide bonds. The number of para-hydroxylation sites is 1. The van der Waals surface area contributed by atoms with Gasteiger partial charge in [0.15, 0.2) is 0 Å². The van der Waals surface area contributed by atoms with E-state index >= 15 is 0 Å². The Balaban J connectivity index is 0.000000370. The average molecular weight is 763 g/mol. The molecule has 0 radical (unpaired) electrons. The van der Waals surface area contributed by atoms with Crippen molar-refractivity contribution < 1.29 is 25.8 Å². The van der Waals surface area contributed by atoms with Crippen LogP contribution in [0.15, 0.2) is 126 Å². The van der Waals surface area contributed by atoms with Crippen molar-refractivity contribution in [1.29, 1.82) is 0 Å². The molecule has 1 aliphatic carbocycles. The quantitative estimate of drug-likeness (QED) is 0.146. The monoisotopic (exact) mass is 764 g/mol. The Morgan fingerprint density at radius 3 is 1.33 bits per heavy atom. The van der Waals surface area contributed by atoms with Gasteiger partial charge >= 0.3 is 25.8 Å². The van der Waals surface area contributed by atoms with Crippen molar-refractivity contribution in [3.63, 3.8) is 0 Å². The summed E-state index contributed by atoms with van der Waals surface area (Å²) in [6.07, 6.45) is 8.23. The number of allylic oxidation sites excluding steroid dienone is 2. The van der Waals surface area contributed by atoms with Gasteiger partial charge in [-0.15, -0.1) is 47.8 Å². The first-order valence-electron chi connectivity index (χ1n) is 15.8. The third-order valence-electron chi connectivity index (χ3n) is 7.12. The third kappa shape index (κ3) is 15.9. The maximum Gasteiger partial charge on any atom is 4.00 e. The normalized spacial score (nSPS) is 14.4. The Labute approximate surface area is 294 Å². The molecule has 0 spiro atoms. The Morgan fingerprint density at radius 1 is 0.578 bits per heavy atom. The van der Waals surface area contributed by atoms with Crippen molar-refractivity contribution >= 4 is 11.4 Å². The van der Waals surface area contributed by atoms with Crippen molar-refractivity contribution in [3.05, 3.63) is 175 Å². The predicted octanol–water partition coefficient (Wildman–Crippen LogP) is 12.5. The van der Waals surface area contributed by atoms with Crippen LogP contribution in [0.3, 0.4) is 0 Å². The minimum absolute atomic E-state index is 0. The van der Waals surface area contributed by atoms with E-state index in [9.17, 15) is 0 Å². The van der Waals surface area contributed by atoms with Crippen molar-refractivity contribution in [3.8, 4) is 0 Å². The fourth-order valence-corrected chi connectivity index (χ4v) is 4.63. The molecule has 0 N–H and O–H groups in total. The van der Waals surface area contributed by atoms with Gasteiger partial charge in [0.1, 0.15) is 0 Å². The van der Waals surface area contributed by atoms with E-state index in [1.807, 2.05) is 98.0 Å². The Bertz CT molecular complexity index is 1260. The van der Waals surface area contributed by atoms with Crippen LogP contribution in [-0.2, 0) is 25.8 Å². The average Bonchev–Trinajstić information content (AvgIpc) is 3.01. The molecule has 0 unspecified atom stereocenters. The van der Waals surface area contributed by atoms with Crippen molar-refractivity contribution in [2.75, 3.05) is 7.05 Å². The van der Waals surface area contributed by atoms with Crippen molar-refractivity contribution in [2.24, 2.45) is 4.99 Å². The zero-order valence-electron chi connectivity index (χ0n) is 28.2. The van der Waals surface area contributed by atoms with E-state index in [0.717, 1.165) is 40.9 Å². The number of hydrogen-bond donors (Lipinski definition) is 0. The zero-order chi connectivity index (χ0) is 32.2. The van der Waals surface area contributed by atoms with Gasteiger partial charge in [0.25, 0.3) is 0 Å². The van der Waals surface area contributed by atoms with Crippen molar-refractivity contribution in [2.45, 2.75) is 71.6 Å². The molecule has 0 saturated carbocycles. The number of benzene rings is 4. The summed E-state index contributed by atoms with van der Waals surface area (Å²) in [5.41, 5.74) is 9.34. The van der Waals surface area contributed by atoms with Crippen LogP contribution in [-0.4, -0.2) is 12.8 Å². The molecule has 4 aromatic rings. The summed E-state index contributed by atoms with van der Waals surface area (Å²) in [6, 6.07) is 36.2. The second-order valence-corrected chi connectivity index (χ2v) is 11.5. The van der Waals surface area contributed by atoms with Crippen LogP contribution < -0.4 is 0 Å². The molecular weight excluding hydrogens is 711 g/mol. The molecule has 0 aromatic heterocycles. The first-order valence-corrected chi connectivity index (χ1v) is 15.8. The summed E-state index contributed by atoms with van der Waals surface area (Å²) >= 11 is 0. The molecular formula is C42H52HfN2. The molecule has 5 rings (SSSR count). The molecule has 4 aromatic carbocycles. The van der Waals surface area contributed by atoms with Crippen LogP contribution in [0, 0.1) is 20.8 Å². The second kappa shape index (κ2) is 23.0. The molecule has 234 valence electrons. The molecule has 3 heteroatoms. The van der Waals surface area contributed by atoms with Crippen LogP contribution in [0.25, 0.3) is 5.32 Å². The standard InChI is InChI=1S/C21H31N2.3C7H7.Hf/c1-15(2)17-11-10-12-18(16(3)4)21(17)23-20-14-9-7-6-8-13-19(20)22-5;3*1-7-5-3-2-4-6-7;/h10-12,14-16H,6-9,13H2,1-5H3;3*2-6H,1H2;/q4*-1;+4/b20-14+,22-19?;;;;. The summed E-state index contributed by atoms with van der Waals surface area (Å²) < 4.78 is 0. The van der Waals surface area contributed by atoms with E-state index in [2.05, 4.69) is 77.7 Å². The Morgan fingerprint density at radius 2 is 1.00 bits per heavy atom. The molecule has 1 aliphatic rings. The Hall–Kier alpha value is -3.43. The SMILES string of the molecule is CN=C1CCCCC/C=C\1[N-]c1c(C(C)C)cccc1C(C)C.[CH2-]c1ccccc1.[CH2-]c1ccccc1.[CH2-]c1ccccc1.[Hf+4]. The molecule has 0 heterocycles. The third-order valence-corrected chi connectivity index (χ3v) is 7.12. The summed E-state index contributed by atoms with van der Waals surface area (Å²) in [5, 5.41) is 5.14. The summed E-state index contributed by atoms with van der Waals surface area (Å²) in [7, 11) is 1.90. The van der Waals surface area contributed by atoms with Crippen molar-refractivity contribution in [1.82, 2.24) is 0 Å². The maximum atomic E-state index is 5.14. The fraction of sp³-hybridized carbons (Fsp3) is 0.286. The summed E-state index contributed by atoms with van der Waals surface area (Å²) in [4.78, 5) is 4.53. The van der Waals surface area contributed by atoms with Gasteiger partial charge in [0, 0.05) is 12.8 Å². The van der Waals surface area contributed by atoms with E-state index in [-0.39, 0.29) is 25.8 Å². The predicted molar refractivity (Wildman–Crippen MR) is 195 cm³/mol. The number of hydrogen-bond acceptors (Lipinski definition) is 1. The number of rotatable bonds is 4. The van der Waals surface area contributed by atoms with Crippen LogP contribution in [0.2, 0.25) is 0 Å². The van der Waals surface area contributed by atoms with E-state index in [0.29, 0.717) is 11.8 Å². The summed E-state index contributed by atoms with van der Waals surface area (Å²) in [5.74, 6) is 0.951. The molecule has 45 heavy (non-hydrogen) atoms. The Kier molecular flexibility index (Phi) is 20.2. The first-order chi connectivity index (χ1) is 21.2. The number of nitrogens with zero attached hydrogens (tertiary/aromatic N) is 2.